The summed E-state index contributed by atoms with van der Waals surface area (Å²) in [6.45, 7) is 4.39. The lowest BCUT2D eigenvalue weighted by Gasteiger charge is -2.26. The minimum atomic E-state index is -0.0935. The van der Waals surface area contributed by atoms with Gasteiger partial charge in [0, 0.05) is 17.8 Å². The summed E-state index contributed by atoms with van der Waals surface area (Å²) in [4.78, 5) is 12.0. The van der Waals surface area contributed by atoms with Crippen LogP contribution in [-0.2, 0) is 0 Å². The van der Waals surface area contributed by atoms with Crippen molar-refractivity contribution in [3.63, 3.8) is 0 Å². The lowest BCUT2D eigenvalue weighted by molar-refractivity contribution is 0.239. The largest absolute Gasteiger partial charge is 0.335 e. The Balaban J connectivity index is 1.82. The lowest BCUT2D eigenvalue weighted by Crippen LogP contribution is -2.39. The molecule has 0 heterocycles. The minimum absolute atomic E-state index is 0.0935. The Hall–Kier alpha value is -1.55. The molecule has 1 atom stereocenters. The maximum Gasteiger partial charge on any atom is 0.319 e. The van der Waals surface area contributed by atoms with Gasteiger partial charge in [-0.05, 0) is 63.3 Å². The fourth-order valence-corrected chi connectivity index (χ4v) is 2.78. The van der Waals surface area contributed by atoms with Crippen LogP contribution in [0.25, 0.3) is 0 Å². The van der Waals surface area contributed by atoms with Crippen molar-refractivity contribution in [3.05, 3.63) is 29.8 Å². The summed E-state index contributed by atoms with van der Waals surface area (Å²) >= 11 is 0. The van der Waals surface area contributed by atoms with Crippen molar-refractivity contribution in [2.75, 3.05) is 12.4 Å². The molecule has 1 aliphatic carbocycles. The van der Waals surface area contributed by atoms with Crippen LogP contribution in [0.15, 0.2) is 24.3 Å². The number of benzene rings is 1. The minimum Gasteiger partial charge on any atom is -0.335 e. The zero-order valence-corrected chi connectivity index (χ0v) is 13.3. The zero-order valence-electron chi connectivity index (χ0n) is 13.3. The Morgan fingerprint density at radius 2 is 1.76 bits per heavy atom. The number of anilines is 1. The number of carbonyl (C=O) groups is 1. The maximum atomic E-state index is 12.0. The Morgan fingerprint density at radius 3 is 2.33 bits per heavy atom. The van der Waals surface area contributed by atoms with E-state index in [0.717, 1.165) is 24.4 Å². The first-order valence-electron chi connectivity index (χ1n) is 7.93. The van der Waals surface area contributed by atoms with E-state index in [9.17, 15) is 4.79 Å². The zero-order chi connectivity index (χ0) is 15.2. The Kier molecular flexibility index (Phi) is 5.62. The third-order valence-electron chi connectivity index (χ3n) is 4.45. The van der Waals surface area contributed by atoms with Crippen LogP contribution in [-0.4, -0.2) is 19.1 Å². The maximum absolute atomic E-state index is 12.0. The number of amides is 2. The average molecular weight is 289 g/mol. The molecular weight excluding hydrogens is 262 g/mol. The molecule has 1 saturated carbocycles. The molecule has 2 rings (SSSR count). The van der Waals surface area contributed by atoms with Gasteiger partial charge < -0.3 is 16.0 Å². The van der Waals surface area contributed by atoms with Crippen LogP contribution in [0, 0.1) is 5.92 Å². The summed E-state index contributed by atoms with van der Waals surface area (Å²) < 4.78 is 0. The van der Waals surface area contributed by atoms with Crippen LogP contribution >= 0.6 is 0 Å². The standard InChI is InChI=1S/C17H27N3O/c1-12-4-8-15(9-5-12)19-17(21)20-16-10-6-14(7-11-16)13(2)18-3/h6-7,10-13,15,18H,4-5,8-9H2,1-3H3,(H2,19,20,21). The van der Waals surface area contributed by atoms with Crippen LogP contribution in [0.4, 0.5) is 10.5 Å². The van der Waals surface area contributed by atoms with Gasteiger partial charge in [-0.3, -0.25) is 0 Å². The van der Waals surface area contributed by atoms with E-state index in [-0.39, 0.29) is 6.03 Å². The van der Waals surface area contributed by atoms with E-state index in [1.807, 2.05) is 31.3 Å². The third kappa shape index (κ3) is 4.74. The summed E-state index contributed by atoms with van der Waals surface area (Å²) in [6.07, 6.45) is 4.60. The van der Waals surface area contributed by atoms with E-state index in [1.54, 1.807) is 0 Å². The molecule has 21 heavy (non-hydrogen) atoms. The van der Waals surface area contributed by atoms with Crippen molar-refractivity contribution in [2.24, 2.45) is 5.92 Å². The van der Waals surface area contributed by atoms with Gasteiger partial charge in [0.05, 0.1) is 0 Å². The van der Waals surface area contributed by atoms with Gasteiger partial charge in [-0.1, -0.05) is 19.1 Å². The number of rotatable bonds is 4. The molecule has 0 aliphatic heterocycles. The Morgan fingerprint density at radius 1 is 1.14 bits per heavy atom. The van der Waals surface area contributed by atoms with E-state index in [4.69, 9.17) is 0 Å². The van der Waals surface area contributed by atoms with E-state index < -0.39 is 0 Å². The average Bonchev–Trinajstić information content (AvgIpc) is 2.49. The fraction of sp³-hybridized carbons (Fsp3) is 0.588. The highest BCUT2D eigenvalue weighted by molar-refractivity contribution is 5.89. The van der Waals surface area contributed by atoms with Gasteiger partial charge in [-0.2, -0.15) is 0 Å². The van der Waals surface area contributed by atoms with Crippen LogP contribution in [0.3, 0.4) is 0 Å². The van der Waals surface area contributed by atoms with Gasteiger partial charge in [-0.15, -0.1) is 0 Å². The molecule has 0 saturated heterocycles. The van der Waals surface area contributed by atoms with Crippen molar-refractivity contribution in [1.29, 1.82) is 0 Å². The Labute approximate surface area is 127 Å². The second-order valence-electron chi connectivity index (χ2n) is 6.19. The summed E-state index contributed by atoms with van der Waals surface area (Å²) in [5.41, 5.74) is 2.05. The van der Waals surface area contributed by atoms with Crippen LogP contribution in [0.5, 0.6) is 0 Å². The quantitative estimate of drug-likeness (QED) is 0.792. The topological polar surface area (TPSA) is 53.2 Å². The number of hydrogen-bond donors (Lipinski definition) is 3. The highest BCUT2D eigenvalue weighted by atomic mass is 16.2. The lowest BCUT2D eigenvalue weighted by atomic mass is 9.87. The second-order valence-corrected chi connectivity index (χ2v) is 6.19. The molecule has 1 unspecified atom stereocenters. The predicted octanol–water partition coefficient (Wildman–Crippen LogP) is 3.67. The van der Waals surface area contributed by atoms with Crippen LogP contribution in [0.2, 0.25) is 0 Å². The molecule has 1 fully saturated rings. The molecule has 0 spiro atoms. The van der Waals surface area contributed by atoms with Crippen molar-refractivity contribution >= 4 is 11.7 Å². The van der Waals surface area contributed by atoms with Gasteiger partial charge in [0.25, 0.3) is 0 Å². The number of hydrogen-bond acceptors (Lipinski definition) is 2. The van der Waals surface area contributed by atoms with Gasteiger partial charge >= 0.3 is 6.03 Å². The highest BCUT2D eigenvalue weighted by Gasteiger charge is 2.19. The normalized spacial score (nSPS) is 23.4. The molecule has 1 aromatic rings. The smallest absolute Gasteiger partial charge is 0.319 e. The van der Waals surface area contributed by atoms with Crippen LogP contribution in [0.1, 0.15) is 51.1 Å². The molecule has 1 aromatic carbocycles. The molecule has 3 N–H and O–H groups in total. The van der Waals surface area contributed by atoms with Gasteiger partial charge in [0.1, 0.15) is 0 Å². The molecule has 4 heteroatoms. The fourth-order valence-electron chi connectivity index (χ4n) is 2.78. The van der Waals surface area contributed by atoms with Gasteiger partial charge in [-0.25, -0.2) is 4.79 Å². The molecule has 116 valence electrons. The summed E-state index contributed by atoms with van der Waals surface area (Å²) in [6, 6.07) is 8.53. The molecule has 0 bridgehead atoms. The summed E-state index contributed by atoms with van der Waals surface area (Å²) in [7, 11) is 1.94. The Bertz CT molecular complexity index is 450. The van der Waals surface area contributed by atoms with Gasteiger partial charge in [0.2, 0.25) is 0 Å². The number of carbonyl (C=O) groups excluding carboxylic acids is 1. The van der Waals surface area contributed by atoms with Gasteiger partial charge in [0.15, 0.2) is 0 Å². The second kappa shape index (κ2) is 7.46. The first-order valence-corrected chi connectivity index (χ1v) is 7.93. The molecule has 4 nitrogen and oxygen atoms in total. The van der Waals surface area contributed by atoms with E-state index in [1.165, 1.54) is 18.4 Å². The van der Waals surface area contributed by atoms with Crippen molar-refractivity contribution in [3.8, 4) is 0 Å². The van der Waals surface area contributed by atoms with Crippen molar-refractivity contribution in [1.82, 2.24) is 10.6 Å². The number of urea groups is 1. The monoisotopic (exact) mass is 289 g/mol. The molecule has 1 aliphatic rings. The van der Waals surface area contributed by atoms with Crippen molar-refractivity contribution < 1.29 is 4.79 Å². The van der Waals surface area contributed by atoms with Crippen molar-refractivity contribution in [2.45, 2.75) is 51.6 Å². The molecule has 0 aromatic heterocycles. The van der Waals surface area contributed by atoms with Crippen LogP contribution < -0.4 is 16.0 Å². The van der Waals surface area contributed by atoms with E-state index >= 15 is 0 Å². The predicted molar refractivity (Wildman–Crippen MR) is 87.5 cm³/mol. The highest BCUT2D eigenvalue weighted by Crippen LogP contribution is 2.23. The first-order chi connectivity index (χ1) is 10.1. The number of nitrogens with one attached hydrogen (secondary N) is 3. The first kappa shape index (κ1) is 15.8. The summed E-state index contributed by atoms with van der Waals surface area (Å²) in [5.74, 6) is 0.799. The third-order valence-corrected chi connectivity index (χ3v) is 4.45. The molecule has 2 amide bonds. The van der Waals surface area contributed by atoms with E-state index in [2.05, 4.69) is 29.8 Å². The summed E-state index contributed by atoms with van der Waals surface area (Å²) in [5, 5.41) is 9.19. The van der Waals surface area contributed by atoms with E-state index in [0.29, 0.717) is 12.1 Å². The molecule has 0 radical (unpaired) electrons. The SMILES string of the molecule is CNC(C)c1ccc(NC(=O)NC2CCC(C)CC2)cc1. The molecular formula is C17H27N3O.